The number of halogens is 1. The molecule has 0 N–H and O–H groups in total. The van der Waals surface area contributed by atoms with E-state index in [2.05, 4.69) is 6.92 Å². The van der Waals surface area contributed by atoms with Crippen LogP contribution in [0.25, 0.3) is 0 Å². The van der Waals surface area contributed by atoms with E-state index in [1.807, 2.05) is 0 Å². The fraction of sp³-hybridized carbons (Fsp3) is 0.971. The summed E-state index contributed by atoms with van der Waals surface area (Å²) < 4.78 is 38.2. The molecule has 43 heavy (non-hydrogen) atoms. The first-order valence-electron chi connectivity index (χ1n) is 17.5. The molecule has 0 atom stereocenters. The molecule has 0 bridgehead atoms. The topological polar surface area (TPSA) is 81.7 Å². The van der Waals surface area contributed by atoms with Crippen molar-refractivity contribution in [2.24, 2.45) is 0 Å². The van der Waals surface area contributed by atoms with Crippen LogP contribution in [0.15, 0.2) is 0 Å². The molecular formula is C34H67ClO8. The lowest BCUT2D eigenvalue weighted by molar-refractivity contribution is -0.145. The molecule has 0 aromatic heterocycles. The Labute approximate surface area is 269 Å². The average Bonchev–Trinajstić information content (AvgIpc) is 3.01. The van der Waals surface area contributed by atoms with E-state index in [0.29, 0.717) is 85.7 Å². The molecule has 0 fully saturated rings. The number of hydrogen-bond donors (Lipinski definition) is 0. The summed E-state index contributed by atoms with van der Waals surface area (Å²) in [7, 11) is 0. The summed E-state index contributed by atoms with van der Waals surface area (Å²) in [6.45, 7) is 9.10. The third-order valence-corrected chi connectivity index (χ3v) is 7.27. The molecule has 0 amide bonds. The van der Waals surface area contributed by atoms with Gasteiger partial charge in [0, 0.05) is 18.9 Å². The van der Waals surface area contributed by atoms with Crippen molar-refractivity contribution in [1.82, 2.24) is 0 Å². The second-order valence-corrected chi connectivity index (χ2v) is 11.4. The second-order valence-electron chi connectivity index (χ2n) is 11.0. The molecule has 0 aromatic carbocycles. The molecule has 0 saturated carbocycles. The maximum Gasteiger partial charge on any atom is 0.305 e. The Hall–Kier alpha value is -0.480. The van der Waals surface area contributed by atoms with Gasteiger partial charge in [-0.3, -0.25) is 4.79 Å². The SMILES string of the molecule is CCCCCCCCCCCCCCCC(=O)OCCOCCOCCOCCOCCOCCOCCCCCCCl. The van der Waals surface area contributed by atoms with Crippen molar-refractivity contribution in [1.29, 1.82) is 0 Å². The van der Waals surface area contributed by atoms with Crippen molar-refractivity contribution in [3.05, 3.63) is 0 Å². The molecule has 0 heterocycles. The van der Waals surface area contributed by atoms with Gasteiger partial charge >= 0.3 is 5.97 Å². The number of rotatable bonds is 38. The van der Waals surface area contributed by atoms with E-state index in [1.165, 1.54) is 83.5 Å². The van der Waals surface area contributed by atoms with Crippen LogP contribution < -0.4 is 0 Å². The smallest absolute Gasteiger partial charge is 0.305 e. The van der Waals surface area contributed by atoms with E-state index in [0.717, 1.165) is 38.2 Å². The summed E-state index contributed by atoms with van der Waals surface area (Å²) in [5, 5.41) is 0. The van der Waals surface area contributed by atoms with Crippen LogP contribution in [0.1, 0.15) is 122 Å². The fourth-order valence-electron chi connectivity index (χ4n) is 4.43. The Kier molecular flexibility index (Phi) is 39.1. The highest BCUT2D eigenvalue weighted by atomic mass is 35.5. The number of alkyl halides is 1. The predicted octanol–water partition coefficient (Wildman–Crippen LogP) is 7.91. The van der Waals surface area contributed by atoms with Gasteiger partial charge < -0.3 is 33.2 Å². The van der Waals surface area contributed by atoms with Crippen LogP contribution in [0.3, 0.4) is 0 Å². The highest BCUT2D eigenvalue weighted by molar-refractivity contribution is 6.17. The lowest BCUT2D eigenvalue weighted by Crippen LogP contribution is -2.15. The molecule has 0 radical (unpaired) electrons. The second kappa shape index (κ2) is 39.5. The minimum atomic E-state index is -0.123. The summed E-state index contributed by atoms with van der Waals surface area (Å²) in [5.41, 5.74) is 0. The maximum absolute atomic E-state index is 11.8. The van der Waals surface area contributed by atoms with Crippen LogP contribution in [0.4, 0.5) is 0 Å². The van der Waals surface area contributed by atoms with Gasteiger partial charge in [-0.05, 0) is 19.3 Å². The summed E-state index contributed by atoms with van der Waals surface area (Å²) in [4.78, 5) is 11.8. The molecule has 0 spiro atoms. The highest BCUT2D eigenvalue weighted by Gasteiger charge is 2.03. The number of esters is 1. The Morgan fingerprint density at radius 2 is 0.721 bits per heavy atom. The molecule has 0 aliphatic carbocycles. The quantitative estimate of drug-likeness (QED) is 0.0383. The molecule has 8 nitrogen and oxygen atoms in total. The van der Waals surface area contributed by atoms with Gasteiger partial charge in [-0.2, -0.15) is 0 Å². The maximum atomic E-state index is 11.8. The average molecular weight is 639 g/mol. The van der Waals surface area contributed by atoms with Gasteiger partial charge in [0.1, 0.15) is 6.61 Å². The van der Waals surface area contributed by atoms with E-state index in [1.54, 1.807) is 0 Å². The fourth-order valence-corrected chi connectivity index (χ4v) is 4.62. The minimum Gasteiger partial charge on any atom is -0.463 e. The van der Waals surface area contributed by atoms with Crippen LogP contribution >= 0.6 is 11.6 Å². The standard InChI is InChI=1S/C34H67ClO8/c1-2-3-4-5-6-7-8-9-10-11-12-13-16-19-34(36)43-33-32-42-31-30-41-29-28-40-27-26-39-25-24-38-23-22-37-21-18-15-14-17-20-35/h2-33H2,1H3. The third-order valence-electron chi connectivity index (χ3n) is 7.01. The Bertz CT molecular complexity index is 527. The predicted molar refractivity (Wildman–Crippen MR) is 175 cm³/mol. The number of carbonyl (C=O) groups is 1. The van der Waals surface area contributed by atoms with E-state index in [4.69, 9.17) is 44.8 Å². The van der Waals surface area contributed by atoms with Gasteiger partial charge in [0.15, 0.2) is 0 Å². The van der Waals surface area contributed by atoms with E-state index in [9.17, 15) is 4.79 Å². The molecule has 0 saturated heterocycles. The molecule has 0 aromatic rings. The van der Waals surface area contributed by atoms with Crippen molar-refractivity contribution in [2.75, 3.05) is 91.8 Å². The number of hydrogen-bond acceptors (Lipinski definition) is 8. The molecule has 9 heteroatoms. The molecule has 0 aliphatic heterocycles. The lowest BCUT2D eigenvalue weighted by atomic mass is 10.0. The monoisotopic (exact) mass is 638 g/mol. The van der Waals surface area contributed by atoms with Gasteiger partial charge in [-0.15, -0.1) is 11.6 Å². The molecular weight excluding hydrogens is 572 g/mol. The summed E-state index contributed by atoms with van der Waals surface area (Å²) in [5.74, 6) is 0.623. The first-order valence-corrected chi connectivity index (χ1v) is 18.0. The van der Waals surface area contributed by atoms with Crippen molar-refractivity contribution in [2.45, 2.75) is 122 Å². The first kappa shape index (κ1) is 42.5. The number of ether oxygens (including phenoxy) is 7. The van der Waals surface area contributed by atoms with Crippen molar-refractivity contribution >= 4 is 17.6 Å². The van der Waals surface area contributed by atoms with Gasteiger partial charge in [-0.1, -0.05) is 96.8 Å². The highest BCUT2D eigenvalue weighted by Crippen LogP contribution is 2.13. The van der Waals surface area contributed by atoms with Crippen LogP contribution in [0.5, 0.6) is 0 Å². The molecule has 258 valence electrons. The Morgan fingerprint density at radius 3 is 1.14 bits per heavy atom. The van der Waals surface area contributed by atoms with Crippen molar-refractivity contribution < 1.29 is 38.0 Å². The zero-order valence-electron chi connectivity index (χ0n) is 27.8. The van der Waals surface area contributed by atoms with Crippen molar-refractivity contribution in [3.63, 3.8) is 0 Å². The molecule has 0 unspecified atom stereocenters. The van der Waals surface area contributed by atoms with E-state index in [-0.39, 0.29) is 5.97 Å². The number of carbonyl (C=O) groups excluding carboxylic acids is 1. The Balaban J connectivity index is 3.13. The van der Waals surface area contributed by atoms with Crippen LogP contribution in [0.2, 0.25) is 0 Å². The third kappa shape index (κ3) is 39.5. The zero-order valence-corrected chi connectivity index (χ0v) is 28.5. The molecule has 0 rings (SSSR count). The van der Waals surface area contributed by atoms with Crippen LogP contribution in [-0.2, 0) is 38.0 Å². The lowest BCUT2D eigenvalue weighted by Gasteiger charge is -2.08. The van der Waals surface area contributed by atoms with E-state index < -0.39 is 0 Å². The van der Waals surface area contributed by atoms with Gasteiger partial charge in [0.25, 0.3) is 0 Å². The largest absolute Gasteiger partial charge is 0.463 e. The molecule has 0 aliphatic rings. The van der Waals surface area contributed by atoms with Gasteiger partial charge in [0.05, 0.1) is 72.7 Å². The zero-order chi connectivity index (χ0) is 31.2. The first-order chi connectivity index (χ1) is 21.3. The summed E-state index contributed by atoms with van der Waals surface area (Å²) >= 11 is 5.65. The van der Waals surface area contributed by atoms with Gasteiger partial charge in [0.2, 0.25) is 0 Å². The summed E-state index contributed by atoms with van der Waals surface area (Å²) in [6, 6.07) is 0. The normalized spacial score (nSPS) is 11.4. The van der Waals surface area contributed by atoms with Crippen LogP contribution in [-0.4, -0.2) is 97.7 Å². The Morgan fingerprint density at radius 1 is 0.395 bits per heavy atom. The van der Waals surface area contributed by atoms with Crippen molar-refractivity contribution in [3.8, 4) is 0 Å². The number of unbranched alkanes of at least 4 members (excludes halogenated alkanes) is 15. The van der Waals surface area contributed by atoms with Crippen LogP contribution in [0, 0.1) is 0 Å². The summed E-state index contributed by atoms with van der Waals surface area (Å²) in [6.07, 6.45) is 21.9. The van der Waals surface area contributed by atoms with E-state index >= 15 is 0 Å². The minimum absolute atomic E-state index is 0.123. The van der Waals surface area contributed by atoms with Gasteiger partial charge in [-0.25, -0.2) is 0 Å².